The number of likely N-dealkylation sites (tertiary alicyclic amines) is 1. The van der Waals surface area contributed by atoms with Gasteiger partial charge in [0.1, 0.15) is 0 Å². The molecule has 2 aliphatic rings. The fourth-order valence-electron chi connectivity index (χ4n) is 4.45. The van der Waals surface area contributed by atoms with Crippen LogP contribution in [0.5, 0.6) is 0 Å². The van der Waals surface area contributed by atoms with Crippen molar-refractivity contribution in [2.24, 2.45) is 11.8 Å². The highest BCUT2D eigenvalue weighted by Crippen LogP contribution is 2.33. The molecule has 28 heavy (non-hydrogen) atoms. The summed E-state index contributed by atoms with van der Waals surface area (Å²) < 4.78 is 4.85. The van der Waals surface area contributed by atoms with Gasteiger partial charge in [0.25, 0.3) is 0 Å². The average Bonchev–Trinajstić information content (AvgIpc) is 3.12. The number of carbonyl (C=O) groups excluding carboxylic acids is 3. The maximum absolute atomic E-state index is 13.1. The molecule has 0 spiro atoms. The van der Waals surface area contributed by atoms with Crippen LogP contribution in [0.2, 0.25) is 0 Å². The number of piperidine rings is 1. The van der Waals surface area contributed by atoms with Crippen LogP contribution in [0.4, 0.5) is 5.69 Å². The fraction of sp³-hybridized carbons (Fsp3) is 0.591. The molecule has 2 aliphatic heterocycles. The lowest BCUT2D eigenvalue weighted by Crippen LogP contribution is -2.45. The van der Waals surface area contributed by atoms with Gasteiger partial charge >= 0.3 is 5.97 Å². The van der Waals surface area contributed by atoms with E-state index in [2.05, 4.69) is 26.0 Å². The molecule has 0 aliphatic carbocycles. The van der Waals surface area contributed by atoms with E-state index in [0.717, 1.165) is 42.5 Å². The van der Waals surface area contributed by atoms with Crippen LogP contribution in [0.25, 0.3) is 0 Å². The zero-order chi connectivity index (χ0) is 20.3. The molecular weight excluding hydrogens is 356 g/mol. The summed E-state index contributed by atoms with van der Waals surface area (Å²) in [6.45, 7) is 5.62. The summed E-state index contributed by atoms with van der Waals surface area (Å²) in [5.74, 6) is -0.875. The molecule has 2 saturated heterocycles. The number of rotatable bonds is 5. The van der Waals surface area contributed by atoms with Crippen molar-refractivity contribution in [1.82, 2.24) is 4.90 Å². The number of carbonyl (C=O) groups is 3. The van der Waals surface area contributed by atoms with Gasteiger partial charge in [0.2, 0.25) is 11.8 Å². The second-order valence-corrected chi connectivity index (χ2v) is 7.68. The minimum atomic E-state index is -0.349. The number of hydrogen-bond acceptors (Lipinski definition) is 4. The molecule has 1 aromatic carbocycles. The number of para-hydroxylation sites is 1. The topological polar surface area (TPSA) is 66.9 Å². The van der Waals surface area contributed by atoms with E-state index in [1.165, 1.54) is 7.11 Å². The Morgan fingerprint density at radius 3 is 2.39 bits per heavy atom. The summed E-state index contributed by atoms with van der Waals surface area (Å²) in [7, 11) is 1.38. The molecule has 6 heteroatoms. The Morgan fingerprint density at radius 1 is 1.11 bits per heavy atom. The van der Waals surface area contributed by atoms with Gasteiger partial charge in [-0.1, -0.05) is 32.0 Å². The van der Waals surface area contributed by atoms with Gasteiger partial charge in [0.05, 0.1) is 18.9 Å². The number of nitrogens with zero attached hydrogens (tertiary/aromatic N) is 2. The van der Waals surface area contributed by atoms with E-state index < -0.39 is 0 Å². The van der Waals surface area contributed by atoms with E-state index in [-0.39, 0.29) is 36.0 Å². The third-order valence-corrected chi connectivity index (χ3v) is 5.98. The lowest BCUT2D eigenvalue weighted by Gasteiger charge is -2.33. The van der Waals surface area contributed by atoms with E-state index in [1.54, 1.807) is 4.90 Å². The molecule has 0 aromatic heterocycles. The van der Waals surface area contributed by atoms with Crippen LogP contribution in [-0.4, -0.2) is 49.4 Å². The molecule has 0 N–H and O–H groups in total. The van der Waals surface area contributed by atoms with Crippen molar-refractivity contribution in [2.75, 3.05) is 31.6 Å². The number of esters is 1. The molecule has 2 atom stereocenters. The molecule has 0 radical (unpaired) electrons. The van der Waals surface area contributed by atoms with Crippen LogP contribution < -0.4 is 4.90 Å². The summed E-state index contributed by atoms with van der Waals surface area (Å²) in [6, 6.07) is 6.15. The van der Waals surface area contributed by atoms with Crippen molar-refractivity contribution in [3.8, 4) is 0 Å². The average molecular weight is 386 g/mol. The molecule has 0 saturated carbocycles. The number of benzene rings is 1. The maximum atomic E-state index is 13.1. The molecule has 0 bridgehead atoms. The molecule has 6 nitrogen and oxygen atoms in total. The highest BCUT2D eigenvalue weighted by molar-refractivity contribution is 6.01. The van der Waals surface area contributed by atoms with Gasteiger partial charge in [-0.2, -0.15) is 0 Å². The smallest absolute Gasteiger partial charge is 0.310 e. The molecule has 2 amide bonds. The van der Waals surface area contributed by atoms with Crippen LogP contribution in [0.3, 0.4) is 0 Å². The number of methoxy groups -OCH3 is 1. The lowest BCUT2D eigenvalue weighted by atomic mass is 9.96. The molecule has 2 heterocycles. The quantitative estimate of drug-likeness (QED) is 0.730. The second kappa shape index (κ2) is 8.76. The van der Waals surface area contributed by atoms with Crippen molar-refractivity contribution in [2.45, 2.75) is 46.0 Å². The second-order valence-electron chi connectivity index (χ2n) is 7.68. The first-order valence-electron chi connectivity index (χ1n) is 10.3. The summed E-state index contributed by atoms with van der Waals surface area (Å²) in [5, 5.41) is 0. The Balaban J connectivity index is 1.76. The Hall–Kier alpha value is -2.37. The molecule has 1 aromatic rings. The monoisotopic (exact) mass is 386 g/mol. The largest absolute Gasteiger partial charge is 0.469 e. The minimum absolute atomic E-state index is 0.00970. The third kappa shape index (κ3) is 3.91. The standard InChI is InChI=1S/C22H30N2O4/c1-4-15-8-6-9-16(5-2)20(15)24-14-18(12-19(24)25)21(26)23-11-7-10-17(13-23)22(27)28-3/h6,8-9,17-18H,4-5,7,10-14H2,1-3H3. The lowest BCUT2D eigenvalue weighted by molar-refractivity contribution is -0.149. The Labute approximate surface area is 166 Å². The van der Waals surface area contributed by atoms with Gasteiger partial charge in [-0.05, 0) is 36.8 Å². The van der Waals surface area contributed by atoms with Gasteiger partial charge < -0.3 is 14.5 Å². The molecule has 2 unspecified atom stereocenters. The first kappa shape index (κ1) is 20.4. The first-order valence-corrected chi connectivity index (χ1v) is 10.3. The highest BCUT2D eigenvalue weighted by atomic mass is 16.5. The first-order chi connectivity index (χ1) is 13.5. The van der Waals surface area contributed by atoms with E-state index in [0.29, 0.717) is 19.6 Å². The van der Waals surface area contributed by atoms with Crippen LogP contribution in [-0.2, 0) is 32.0 Å². The van der Waals surface area contributed by atoms with E-state index in [9.17, 15) is 14.4 Å². The van der Waals surface area contributed by atoms with E-state index in [4.69, 9.17) is 4.74 Å². The Morgan fingerprint density at radius 2 is 1.79 bits per heavy atom. The Kier molecular flexibility index (Phi) is 6.37. The predicted molar refractivity (Wildman–Crippen MR) is 107 cm³/mol. The van der Waals surface area contributed by atoms with E-state index >= 15 is 0 Å². The zero-order valence-electron chi connectivity index (χ0n) is 17.1. The van der Waals surface area contributed by atoms with Crippen LogP contribution in [0.15, 0.2) is 18.2 Å². The summed E-state index contributed by atoms with van der Waals surface area (Å²) >= 11 is 0. The van der Waals surface area contributed by atoms with Gasteiger partial charge in [-0.3, -0.25) is 14.4 Å². The number of ether oxygens (including phenoxy) is 1. The molecular formula is C22H30N2O4. The molecule has 3 rings (SSSR count). The number of hydrogen-bond donors (Lipinski definition) is 0. The molecule has 152 valence electrons. The SMILES string of the molecule is CCc1cccc(CC)c1N1CC(C(=O)N2CCCC(C(=O)OC)C2)CC1=O. The van der Waals surface area contributed by atoms with Crippen LogP contribution >= 0.6 is 0 Å². The predicted octanol–water partition coefficient (Wildman–Crippen LogP) is 2.58. The highest BCUT2D eigenvalue weighted by Gasteiger charge is 2.40. The fourth-order valence-corrected chi connectivity index (χ4v) is 4.45. The number of amides is 2. The zero-order valence-corrected chi connectivity index (χ0v) is 17.1. The van der Waals surface area contributed by atoms with Crippen molar-refractivity contribution in [1.29, 1.82) is 0 Å². The van der Waals surface area contributed by atoms with Crippen LogP contribution in [0.1, 0.15) is 44.2 Å². The summed E-state index contributed by atoms with van der Waals surface area (Å²) in [5.41, 5.74) is 3.27. The third-order valence-electron chi connectivity index (χ3n) is 5.98. The van der Waals surface area contributed by atoms with Crippen molar-refractivity contribution in [3.05, 3.63) is 29.3 Å². The number of aryl methyl sites for hydroxylation is 2. The maximum Gasteiger partial charge on any atom is 0.310 e. The van der Waals surface area contributed by atoms with Gasteiger partial charge in [0.15, 0.2) is 0 Å². The van der Waals surface area contributed by atoms with E-state index in [1.807, 2.05) is 11.0 Å². The molecule has 2 fully saturated rings. The van der Waals surface area contributed by atoms with Crippen molar-refractivity contribution < 1.29 is 19.1 Å². The van der Waals surface area contributed by atoms with Crippen molar-refractivity contribution >= 4 is 23.5 Å². The van der Waals surface area contributed by atoms with Crippen molar-refractivity contribution in [3.63, 3.8) is 0 Å². The summed E-state index contributed by atoms with van der Waals surface area (Å²) in [6.07, 6.45) is 3.46. The normalized spacial score (nSPS) is 22.5. The minimum Gasteiger partial charge on any atom is -0.469 e. The van der Waals surface area contributed by atoms with Gasteiger partial charge in [0, 0.05) is 31.7 Å². The Bertz CT molecular complexity index is 739. The van der Waals surface area contributed by atoms with Crippen LogP contribution in [0, 0.1) is 11.8 Å². The van der Waals surface area contributed by atoms with Gasteiger partial charge in [-0.25, -0.2) is 0 Å². The summed E-state index contributed by atoms with van der Waals surface area (Å²) in [4.78, 5) is 41.3. The number of anilines is 1. The van der Waals surface area contributed by atoms with Gasteiger partial charge in [-0.15, -0.1) is 0 Å².